The van der Waals surface area contributed by atoms with Crippen LogP contribution in [0.25, 0.3) is 0 Å². The number of para-hydroxylation sites is 1. The number of benzene rings is 1. The number of hydrogen-bond donors (Lipinski definition) is 1. The number of carbonyl (C=O) groups is 1. The summed E-state index contributed by atoms with van der Waals surface area (Å²) in [5.74, 6) is 0.0459. The van der Waals surface area contributed by atoms with Crippen LogP contribution >= 0.6 is 0 Å². The van der Waals surface area contributed by atoms with Gasteiger partial charge in [0.1, 0.15) is 6.07 Å². The van der Waals surface area contributed by atoms with E-state index in [4.69, 9.17) is 10.00 Å². The fourth-order valence-electron chi connectivity index (χ4n) is 1.55. The number of aromatic nitrogens is 1. The summed E-state index contributed by atoms with van der Waals surface area (Å²) in [6.07, 6.45) is 1.49. The van der Waals surface area contributed by atoms with Crippen molar-refractivity contribution in [3.8, 4) is 11.9 Å². The average Bonchev–Trinajstić information content (AvgIpc) is 2.47. The summed E-state index contributed by atoms with van der Waals surface area (Å²) in [5.41, 5.74) is 1.31. The van der Waals surface area contributed by atoms with Crippen molar-refractivity contribution in [2.24, 2.45) is 0 Å². The van der Waals surface area contributed by atoms with Gasteiger partial charge in [0.2, 0.25) is 5.88 Å². The molecular formula is C14H11N3O2. The highest BCUT2D eigenvalue weighted by Crippen LogP contribution is 2.16. The molecule has 0 aliphatic carbocycles. The Kier molecular flexibility index (Phi) is 3.74. The molecule has 0 bridgehead atoms. The molecule has 5 nitrogen and oxygen atoms in total. The first-order valence-corrected chi connectivity index (χ1v) is 5.55. The van der Waals surface area contributed by atoms with Gasteiger partial charge in [0.05, 0.1) is 18.4 Å². The summed E-state index contributed by atoms with van der Waals surface area (Å²) in [6, 6.07) is 11.9. The van der Waals surface area contributed by atoms with Crippen LogP contribution in [0, 0.1) is 11.3 Å². The summed E-state index contributed by atoms with van der Waals surface area (Å²) in [6.45, 7) is 0. The van der Waals surface area contributed by atoms with Gasteiger partial charge < -0.3 is 10.1 Å². The van der Waals surface area contributed by atoms with Crippen LogP contribution in [0.1, 0.15) is 15.9 Å². The van der Waals surface area contributed by atoms with Crippen molar-refractivity contribution >= 4 is 11.6 Å². The highest BCUT2D eigenvalue weighted by molar-refractivity contribution is 6.05. The van der Waals surface area contributed by atoms with Gasteiger partial charge in [-0.25, -0.2) is 4.98 Å². The summed E-state index contributed by atoms with van der Waals surface area (Å²) < 4.78 is 4.96. The van der Waals surface area contributed by atoms with Gasteiger partial charge in [-0.05, 0) is 18.2 Å². The summed E-state index contributed by atoms with van der Waals surface area (Å²) >= 11 is 0. The minimum atomic E-state index is -0.316. The van der Waals surface area contributed by atoms with Gasteiger partial charge in [0.25, 0.3) is 5.91 Å². The Morgan fingerprint density at radius 2 is 2.16 bits per heavy atom. The molecule has 0 unspecified atom stereocenters. The molecule has 0 radical (unpaired) electrons. The highest BCUT2D eigenvalue weighted by atomic mass is 16.5. The SMILES string of the molecule is COc1cc(C(=O)Nc2ccccc2C#N)ccn1. The van der Waals surface area contributed by atoms with Crippen LogP contribution < -0.4 is 10.1 Å². The number of nitrogens with one attached hydrogen (secondary N) is 1. The van der Waals surface area contributed by atoms with Gasteiger partial charge in [-0.3, -0.25) is 4.79 Å². The lowest BCUT2D eigenvalue weighted by molar-refractivity contribution is 0.102. The van der Waals surface area contributed by atoms with Gasteiger partial charge in [0.15, 0.2) is 0 Å². The van der Waals surface area contributed by atoms with Crippen molar-refractivity contribution in [1.82, 2.24) is 4.98 Å². The first-order valence-electron chi connectivity index (χ1n) is 5.55. The van der Waals surface area contributed by atoms with Crippen LogP contribution in [-0.2, 0) is 0 Å². The predicted octanol–water partition coefficient (Wildman–Crippen LogP) is 2.21. The number of methoxy groups -OCH3 is 1. The summed E-state index contributed by atoms with van der Waals surface area (Å²) in [4.78, 5) is 16.0. The number of pyridine rings is 1. The molecule has 0 fully saturated rings. The first-order chi connectivity index (χ1) is 9.24. The minimum Gasteiger partial charge on any atom is -0.481 e. The van der Waals surface area contributed by atoms with Crippen molar-refractivity contribution in [1.29, 1.82) is 5.26 Å². The maximum Gasteiger partial charge on any atom is 0.255 e. The molecule has 0 saturated carbocycles. The molecule has 2 aromatic rings. The summed E-state index contributed by atoms with van der Waals surface area (Å²) in [7, 11) is 1.48. The Morgan fingerprint density at radius 3 is 2.89 bits per heavy atom. The Labute approximate surface area is 110 Å². The lowest BCUT2D eigenvalue weighted by Gasteiger charge is -2.07. The Bertz CT molecular complexity index is 647. The maximum absolute atomic E-state index is 12.0. The molecule has 1 N–H and O–H groups in total. The van der Waals surface area contributed by atoms with E-state index in [1.807, 2.05) is 6.07 Å². The molecule has 0 aliphatic heterocycles. The fraction of sp³-hybridized carbons (Fsp3) is 0.0714. The molecule has 1 aromatic carbocycles. The zero-order valence-corrected chi connectivity index (χ0v) is 10.3. The zero-order chi connectivity index (χ0) is 13.7. The van der Waals surface area contributed by atoms with Crippen molar-refractivity contribution in [3.63, 3.8) is 0 Å². The average molecular weight is 253 g/mol. The van der Waals surface area contributed by atoms with Crippen molar-refractivity contribution < 1.29 is 9.53 Å². The number of carbonyl (C=O) groups excluding carboxylic acids is 1. The number of rotatable bonds is 3. The van der Waals surface area contributed by atoms with Crippen molar-refractivity contribution in [2.75, 3.05) is 12.4 Å². The van der Waals surface area contributed by atoms with Crippen LogP contribution in [0.3, 0.4) is 0 Å². The third kappa shape index (κ3) is 2.87. The highest BCUT2D eigenvalue weighted by Gasteiger charge is 2.09. The smallest absolute Gasteiger partial charge is 0.255 e. The second-order valence-electron chi connectivity index (χ2n) is 3.70. The Balaban J connectivity index is 2.23. The van der Waals surface area contributed by atoms with E-state index < -0.39 is 0 Å². The first kappa shape index (κ1) is 12.6. The monoisotopic (exact) mass is 253 g/mol. The summed E-state index contributed by atoms with van der Waals surface area (Å²) in [5, 5.41) is 11.6. The van der Waals surface area contributed by atoms with Crippen LogP contribution in [-0.4, -0.2) is 18.0 Å². The normalized spacial score (nSPS) is 9.47. The van der Waals surface area contributed by atoms with E-state index in [9.17, 15) is 4.79 Å². The molecule has 1 amide bonds. The van der Waals surface area contributed by atoms with E-state index in [2.05, 4.69) is 10.3 Å². The number of nitriles is 1. The molecular weight excluding hydrogens is 242 g/mol. The number of anilines is 1. The van der Waals surface area contributed by atoms with E-state index in [1.54, 1.807) is 30.3 Å². The Morgan fingerprint density at radius 1 is 1.37 bits per heavy atom. The molecule has 0 atom stereocenters. The van der Waals surface area contributed by atoms with Crippen molar-refractivity contribution in [3.05, 3.63) is 53.7 Å². The van der Waals surface area contributed by atoms with E-state index in [0.717, 1.165) is 0 Å². The molecule has 0 saturated heterocycles. The lowest BCUT2D eigenvalue weighted by atomic mass is 10.2. The predicted molar refractivity (Wildman–Crippen MR) is 69.9 cm³/mol. The second kappa shape index (κ2) is 5.65. The van der Waals surface area contributed by atoms with Crippen LogP contribution in [0.5, 0.6) is 5.88 Å². The number of hydrogen-bond acceptors (Lipinski definition) is 4. The molecule has 19 heavy (non-hydrogen) atoms. The van der Waals surface area contributed by atoms with Gasteiger partial charge in [-0.15, -0.1) is 0 Å². The van der Waals surface area contributed by atoms with Crippen molar-refractivity contribution in [2.45, 2.75) is 0 Å². The van der Waals surface area contributed by atoms with E-state index in [0.29, 0.717) is 22.7 Å². The number of nitrogens with zero attached hydrogens (tertiary/aromatic N) is 2. The number of ether oxygens (including phenoxy) is 1. The molecule has 94 valence electrons. The molecule has 5 heteroatoms. The maximum atomic E-state index is 12.0. The lowest BCUT2D eigenvalue weighted by Crippen LogP contribution is -2.13. The third-order valence-corrected chi connectivity index (χ3v) is 2.50. The van der Waals surface area contributed by atoms with Gasteiger partial charge >= 0.3 is 0 Å². The largest absolute Gasteiger partial charge is 0.481 e. The second-order valence-corrected chi connectivity index (χ2v) is 3.70. The standard InChI is InChI=1S/C14H11N3O2/c1-19-13-8-10(6-7-16-13)14(18)17-12-5-3-2-4-11(12)9-15/h2-8H,1H3,(H,17,18). The molecule has 0 spiro atoms. The molecule has 2 rings (SSSR count). The molecule has 0 aliphatic rings. The van der Waals surface area contributed by atoms with E-state index in [-0.39, 0.29) is 5.91 Å². The van der Waals surface area contributed by atoms with Crippen LogP contribution in [0.15, 0.2) is 42.6 Å². The number of amides is 1. The third-order valence-electron chi connectivity index (χ3n) is 2.50. The minimum absolute atomic E-state index is 0.316. The topological polar surface area (TPSA) is 75.0 Å². The van der Waals surface area contributed by atoms with Gasteiger partial charge in [0, 0.05) is 17.8 Å². The molecule has 1 aromatic heterocycles. The van der Waals surface area contributed by atoms with Crippen LogP contribution in [0.2, 0.25) is 0 Å². The van der Waals surface area contributed by atoms with Gasteiger partial charge in [-0.1, -0.05) is 12.1 Å². The Hall–Kier alpha value is -2.87. The van der Waals surface area contributed by atoms with Gasteiger partial charge in [-0.2, -0.15) is 5.26 Å². The quantitative estimate of drug-likeness (QED) is 0.910. The fourth-order valence-corrected chi connectivity index (χ4v) is 1.55. The molecule has 1 heterocycles. The van der Waals surface area contributed by atoms with Crippen LogP contribution in [0.4, 0.5) is 5.69 Å². The zero-order valence-electron chi connectivity index (χ0n) is 10.3. The van der Waals surface area contributed by atoms with E-state index in [1.165, 1.54) is 19.4 Å². The van der Waals surface area contributed by atoms with E-state index >= 15 is 0 Å².